The van der Waals surface area contributed by atoms with E-state index in [1.807, 2.05) is 0 Å². The van der Waals surface area contributed by atoms with E-state index < -0.39 is 5.72 Å². The van der Waals surface area contributed by atoms with E-state index in [0.717, 1.165) is 75.1 Å². The van der Waals surface area contributed by atoms with Gasteiger partial charge in [0.1, 0.15) is 0 Å². The van der Waals surface area contributed by atoms with Crippen LogP contribution in [0.25, 0.3) is 0 Å². The fourth-order valence-corrected chi connectivity index (χ4v) is 15.2. The van der Waals surface area contributed by atoms with Gasteiger partial charge in [-0.3, -0.25) is 9.80 Å². The molecular weight excluding hydrogens is 584 g/mol. The summed E-state index contributed by atoms with van der Waals surface area (Å²) in [6.07, 6.45) is 12.3. The highest BCUT2D eigenvalue weighted by Crippen LogP contribution is 2.82. The maximum Gasteiger partial charge on any atom is 0.335 e. The lowest BCUT2D eigenvalue weighted by atomic mass is 9.48. The minimum absolute atomic E-state index is 0.115. The van der Waals surface area contributed by atoms with Crippen molar-refractivity contribution in [2.75, 3.05) is 37.0 Å². The van der Waals surface area contributed by atoms with Crippen molar-refractivity contribution in [1.82, 2.24) is 9.80 Å². The Labute approximate surface area is 276 Å². The summed E-state index contributed by atoms with van der Waals surface area (Å²) in [4.78, 5) is 22.7. The molecule has 2 aromatic carbocycles. The summed E-state index contributed by atoms with van der Waals surface area (Å²) in [7, 11) is 1.56. The molecule has 5 saturated heterocycles. The minimum Gasteiger partial charge on any atom is -0.466 e. The van der Waals surface area contributed by atoms with Crippen LogP contribution in [0.5, 0.6) is 0 Å². The van der Waals surface area contributed by atoms with Gasteiger partial charge in [-0.15, -0.1) is 0 Å². The van der Waals surface area contributed by atoms with E-state index >= 15 is 0 Å². The van der Waals surface area contributed by atoms with Crippen molar-refractivity contribution < 1.29 is 14.3 Å². The molecule has 8 heterocycles. The fraction of sp³-hybridized carbons (Fsp3) is 0.575. The number of carbonyl (C=O) groups is 1. The van der Waals surface area contributed by atoms with Crippen molar-refractivity contribution in [1.29, 1.82) is 0 Å². The number of esters is 1. The van der Waals surface area contributed by atoms with Crippen molar-refractivity contribution >= 4 is 17.3 Å². The van der Waals surface area contributed by atoms with E-state index in [-0.39, 0.29) is 39.4 Å². The second-order valence-electron chi connectivity index (χ2n) is 16.8. The van der Waals surface area contributed by atoms with Crippen LogP contribution in [0.3, 0.4) is 0 Å². The van der Waals surface area contributed by atoms with Crippen molar-refractivity contribution in [2.45, 2.75) is 105 Å². The van der Waals surface area contributed by atoms with Crippen LogP contribution in [0.4, 0.5) is 11.4 Å². The molecule has 2 aliphatic carbocycles. The van der Waals surface area contributed by atoms with Gasteiger partial charge in [-0.1, -0.05) is 62.4 Å². The zero-order valence-electron chi connectivity index (χ0n) is 27.7. The number of hydrogen-bond donors (Lipinski definition) is 1. The molecule has 12 rings (SSSR count). The average molecular weight is 629 g/mol. The summed E-state index contributed by atoms with van der Waals surface area (Å²) < 4.78 is 13.9. The number of hydrogen-bond acceptors (Lipinski definition) is 7. The van der Waals surface area contributed by atoms with Crippen LogP contribution in [-0.4, -0.2) is 77.5 Å². The van der Waals surface area contributed by atoms with Gasteiger partial charge in [0, 0.05) is 60.0 Å². The largest absolute Gasteiger partial charge is 0.466 e. The third-order valence-corrected chi connectivity index (χ3v) is 16.1. The predicted octanol–water partition coefficient (Wildman–Crippen LogP) is 5.47. The molecule has 6 bridgehead atoms. The van der Waals surface area contributed by atoms with Crippen LogP contribution in [0.15, 0.2) is 72.0 Å². The number of anilines is 2. The smallest absolute Gasteiger partial charge is 0.335 e. The summed E-state index contributed by atoms with van der Waals surface area (Å²) >= 11 is 0. The third kappa shape index (κ3) is 2.34. The SMILES string of the molecule is CC[C@@]12C=CCN3CC[C@@]4(c5ccccc5N5[C@H]6[C@@]78CC(C(=O)OC)=C9Nc%10ccccc%10[C@@]96CCN7[C@H]6[C@H](C1)[C@]54O[C@@]6(CC)C8)[C@@H]32. The molecule has 7 heteroatoms. The maximum absolute atomic E-state index is 14.0. The highest BCUT2D eigenvalue weighted by molar-refractivity contribution is 5.94. The Bertz CT molecular complexity index is 1910. The Morgan fingerprint density at radius 3 is 2.68 bits per heavy atom. The van der Waals surface area contributed by atoms with Gasteiger partial charge in [0.2, 0.25) is 0 Å². The van der Waals surface area contributed by atoms with Crippen LogP contribution in [-0.2, 0) is 25.1 Å². The minimum atomic E-state index is -0.440. The predicted molar refractivity (Wildman–Crippen MR) is 179 cm³/mol. The number of ether oxygens (including phenoxy) is 2. The lowest BCUT2D eigenvalue weighted by Gasteiger charge is -2.65. The molecular formula is C40H44N4O3. The summed E-state index contributed by atoms with van der Waals surface area (Å²) in [5, 5.41) is 3.90. The Morgan fingerprint density at radius 2 is 1.85 bits per heavy atom. The van der Waals surface area contributed by atoms with E-state index in [1.54, 1.807) is 7.11 Å². The monoisotopic (exact) mass is 628 g/mol. The molecule has 10 aliphatic rings. The number of fused-ring (bicyclic) bond motifs is 3. The van der Waals surface area contributed by atoms with E-state index in [0.29, 0.717) is 24.4 Å². The lowest BCUT2D eigenvalue weighted by Crippen LogP contribution is -2.78. The number of benzene rings is 2. The Balaban J connectivity index is 1.25. The normalized spacial score (nSPS) is 49.3. The summed E-state index contributed by atoms with van der Waals surface area (Å²) in [5.41, 5.74) is 6.07. The number of rotatable bonds is 3. The molecule has 7 nitrogen and oxygen atoms in total. The molecule has 6 fully saturated rings. The molecule has 11 atom stereocenters. The second-order valence-corrected chi connectivity index (χ2v) is 16.8. The van der Waals surface area contributed by atoms with Crippen molar-refractivity contribution in [3.05, 3.63) is 83.1 Å². The number of nitrogens with zero attached hydrogens (tertiary/aromatic N) is 3. The summed E-state index contributed by atoms with van der Waals surface area (Å²) in [6, 6.07) is 19.3. The summed E-state index contributed by atoms with van der Waals surface area (Å²) in [6.45, 7) is 8.03. The van der Waals surface area contributed by atoms with Crippen molar-refractivity contribution in [2.24, 2.45) is 11.3 Å². The van der Waals surface area contributed by atoms with Crippen molar-refractivity contribution in [3.63, 3.8) is 0 Å². The highest BCUT2D eigenvalue weighted by Gasteiger charge is 2.91. The summed E-state index contributed by atoms with van der Waals surface area (Å²) in [5.74, 6) is 0.191. The lowest BCUT2D eigenvalue weighted by molar-refractivity contribution is -0.183. The quantitative estimate of drug-likeness (QED) is 0.357. The molecule has 2 aromatic rings. The van der Waals surface area contributed by atoms with Gasteiger partial charge in [0.15, 0.2) is 5.72 Å². The topological polar surface area (TPSA) is 57.3 Å². The second kappa shape index (κ2) is 7.85. The molecule has 0 radical (unpaired) electrons. The first kappa shape index (κ1) is 26.8. The molecule has 1 N–H and O–H groups in total. The molecule has 242 valence electrons. The molecule has 0 amide bonds. The molecule has 4 spiro atoms. The molecule has 0 aromatic heterocycles. The van der Waals surface area contributed by atoms with Crippen LogP contribution < -0.4 is 10.2 Å². The molecule has 47 heavy (non-hydrogen) atoms. The number of piperidine rings is 1. The van der Waals surface area contributed by atoms with Gasteiger partial charge in [-0.05, 0) is 68.3 Å². The molecule has 8 aliphatic heterocycles. The van der Waals surface area contributed by atoms with Gasteiger partial charge in [0.25, 0.3) is 0 Å². The number of carbonyl (C=O) groups excluding carboxylic acids is 1. The average Bonchev–Trinajstić information content (AvgIpc) is 3.83. The first-order chi connectivity index (χ1) is 22.9. The first-order valence-electron chi connectivity index (χ1n) is 18.4. The maximum atomic E-state index is 14.0. The Morgan fingerprint density at radius 1 is 1.02 bits per heavy atom. The highest BCUT2D eigenvalue weighted by atomic mass is 16.6. The van der Waals surface area contributed by atoms with E-state index in [2.05, 4.69) is 94.5 Å². The molecule has 1 unspecified atom stereocenters. The van der Waals surface area contributed by atoms with Gasteiger partial charge in [-0.25, -0.2) is 4.79 Å². The standard InChI is InChI=1S/C40H44N4O3/c1-4-35-15-10-18-42-19-17-39(33(35)42)26-12-7-9-14-29(26)44-34-36-21-24(32(45)46-3)30-38(34,25-11-6-8-13-28(25)41-30)16-20-43(36)31-27(22-35)40(39,44)47-37(31,5-2)23-36/h6-15,27,31,33-34,41H,4-5,16-23H2,1-3H3/t27-,31-,33-,34-,35+,36-,37-,38-,39+,40+/m0/s1. The van der Waals surface area contributed by atoms with Crippen LogP contribution >= 0.6 is 0 Å². The Kier molecular flexibility index (Phi) is 4.47. The third-order valence-electron chi connectivity index (χ3n) is 16.1. The van der Waals surface area contributed by atoms with Gasteiger partial charge < -0.3 is 19.7 Å². The fourth-order valence-electron chi connectivity index (χ4n) is 15.2. The van der Waals surface area contributed by atoms with E-state index in [1.165, 1.54) is 16.8 Å². The van der Waals surface area contributed by atoms with Crippen LogP contribution in [0.1, 0.15) is 69.9 Å². The van der Waals surface area contributed by atoms with Gasteiger partial charge in [-0.2, -0.15) is 0 Å². The number of nitrogens with one attached hydrogen (secondary N) is 1. The van der Waals surface area contributed by atoms with Crippen molar-refractivity contribution in [3.8, 4) is 0 Å². The van der Waals surface area contributed by atoms with Crippen LogP contribution in [0, 0.1) is 11.3 Å². The van der Waals surface area contributed by atoms with Gasteiger partial charge >= 0.3 is 5.97 Å². The van der Waals surface area contributed by atoms with Gasteiger partial charge in [0.05, 0.1) is 40.7 Å². The zero-order valence-corrected chi connectivity index (χ0v) is 27.7. The molecule has 1 saturated carbocycles. The Hall–Kier alpha value is -3.13. The van der Waals surface area contributed by atoms with Crippen LogP contribution in [0.2, 0.25) is 0 Å². The zero-order chi connectivity index (χ0) is 31.3. The van der Waals surface area contributed by atoms with E-state index in [4.69, 9.17) is 9.47 Å². The number of para-hydroxylation sites is 2. The van der Waals surface area contributed by atoms with E-state index in [9.17, 15) is 4.79 Å². The number of methoxy groups -OCH3 is 1. The first-order valence-corrected chi connectivity index (χ1v) is 18.4.